The molecule has 2 saturated carbocycles. The van der Waals surface area contributed by atoms with E-state index in [-0.39, 0.29) is 34.6 Å². The number of hydrogen-bond donors (Lipinski definition) is 1. The lowest BCUT2D eigenvalue weighted by Gasteiger charge is -2.43. The Hall–Kier alpha value is -1.85. The Morgan fingerprint density at radius 2 is 1.74 bits per heavy atom. The van der Waals surface area contributed by atoms with Gasteiger partial charge < -0.3 is 4.98 Å². The molecule has 2 aromatic carbocycles. The minimum Gasteiger partial charge on any atom is -0.332 e. The lowest BCUT2D eigenvalue weighted by atomic mass is 9.68. The number of thiazole rings is 1. The highest BCUT2D eigenvalue weighted by atomic mass is 35.5. The first-order valence-corrected chi connectivity index (χ1v) is 14.8. The average Bonchev–Trinajstić information content (AvgIpc) is 3.59. The zero-order chi connectivity index (χ0) is 26.7. The first-order valence-electron chi connectivity index (χ1n) is 11.9. The number of carbonyl (C=O) groups is 2. The van der Waals surface area contributed by atoms with Gasteiger partial charge in [-0.15, -0.1) is 23.1 Å². The predicted octanol–water partition coefficient (Wildman–Crippen LogP) is 7.81. The van der Waals surface area contributed by atoms with E-state index in [1.54, 1.807) is 17.8 Å². The summed E-state index contributed by atoms with van der Waals surface area (Å²) >= 11 is 21.7. The van der Waals surface area contributed by atoms with Crippen LogP contribution in [0.25, 0.3) is 0 Å². The highest BCUT2D eigenvalue weighted by molar-refractivity contribution is 8.00. The first kappa shape index (κ1) is 25.1. The van der Waals surface area contributed by atoms with Crippen LogP contribution in [0.2, 0.25) is 10.0 Å². The van der Waals surface area contributed by atoms with E-state index in [0.29, 0.717) is 20.4 Å². The maximum absolute atomic E-state index is 13.8. The highest BCUT2D eigenvalue weighted by Crippen LogP contribution is 2.69. The van der Waals surface area contributed by atoms with Crippen LogP contribution in [0.3, 0.4) is 0 Å². The predicted molar refractivity (Wildman–Crippen MR) is 143 cm³/mol. The maximum Gasteiger partial charge on any atom is 0.416 e. The van der Waals surface area contributed by atoms with Crippen LogP contribution in [-0.4, -0.2) is 22.0 Å². The Labute approximate surface area is 238 Å². The summed E-state index contributed by atoms with van der Waals surface area (Å²) in [5, 5.41) is 1.85. The van der Waals surface area contributed by atoms with E-state index < -0.39 is 35.4 Å². The van der Waals surface area contributed by atoms with Crippen molar-refractivity contribution in [2.75, 3.05) is 4.90 Å². The van der Waals surface area contributed by atoms with Gasteiger partial charge in [0.25, 0.3) is 0 Å². The molecule has 3 aromatic rings. The summed E-state index contributed by atoms with van der Waals surface area (Å²) in [4.78, 5) is 32.8. The van der Waals surface area contributed by atoms with Crippen molar-refractivity contribution in [2.45, 2.75) is 28.8 Å². The Balaban J connectivity index is 1.32. The van der Waals surface area contributed by atoms with Gasteiger partial charge in [0.1, 0.15) is 0 Å². The number of imide groups is 1. The largest absolute Gasteiger partial charge is 0.416 e. The van der Waals surface area contributed by atoms with Gasteiger partial charge in [-0.25, -0.2) is 0 Å². The number of nitrogens with zero attached hydrogens (tertiary/aromatic N) is 1. The van der Waals surface area contributed by atoms with Crippen LogP contribution in [0.15, 0.2) is 47.5 Å². The summed E-state index contributed by atoms with van der Waals surface area (Å²) in [5.74, 6) is -2.36. The summed E-state index contributed by atoms with van der Waals surface area (Å²) in [6, 6.07) is 9.96. The van der Waals surface area contributed by atoms with E-state index in [4.69, 9.17) is 35.4 Å². The van der Waals surface area contributed by atoms with Gasteiger partial charge in [-0.3, -0.25) is 14.5 Å². The van der Waals surface area contributed by atoms with Gasteiger partial charge in [-0.1, -0.05) is 41.4 Å². The van der Waals surface area contributed by atoms with Gasteiger partial charge in [0.15, 0.2) is 3.95 Å². The van der Waals surface area contributed by atoms with Crippen molar-refractivity contribution in [3.63, 3.8) is 0 Å². The summed E-state index contributed by atoms with van der Waals surface area (Å²) < 4.78 is 40.8. The maximum atomic E-state index is 13.8. The number of alkyl halides is 3. The number of thioether (sulfide) groups is 1. The number of carbonyl (C=O) groups excluding carboxylic acids is 2. The van der Waals surface area contributed by atoms with E-state index in [1.165, 1.54) is 23.5 Å². The van der Waals surface area contributed by atoms with Gasteiger partial charge >= 0.3 is 6.18 Å². The van der Waals surface area contributed by atoms with Crippen molar-refractivity contribution < 1.29 is 22.8 Å². The van der Waals surface area contributed by atoms with Gasteiger partial charge in [0.2, 0.25) is 11.8 Å². The SMILES string of the molecule is O=C1C2C3CC(C2C(=O)N1c1cccc(C(F)(F)F)c1)C1C(c2cccc(Cl)c2Cl)c2sc(=S)[nH]c2SC31. The molecule has 3 fully saturated rings. The third-order valence-corrected chi connectivity index (χ3v) is 12.2. The molecule has 0 radical (unpaired) electrons. The second kappa shape index (κ2) is 8.57. The molecule has 1 saturated heterocycles. The Kier molecular flexibility index (Phi) is 5.67. The molecule has 2 amide bonds. The zero-order valence-corrected chi connectivity index (χ0v) is 23.1. The molecule has 196 valence electrons. The Morgan fingerprint density at radius 3 is 2.47 bits per heavy atom. The molecular weight excluding hydrogens is 596 g/mol. The summed E-state index contributed by atoms with van der Waals surface area (Å²) in [6.07, 6.45) is -3.88. The van der Waals surface area contributed by atoms with Crippen LogP contribution in [0, 0.1) is 33.5 Å². The Bertz CT molecular complexity index is 1590. The third kappa shape index (κ3) is 3.46. The number of aromatic amines is 1. The zero-order valence-electron chi connectivity index (χ0n) is 19.2. The van der Waals surface area contributed by atoms with Gasteiger partial charge in [0, 0.05) is 16.0 Å². The molecule has 2 aliphatic heterocycles. The molecule has 1 N–H and O–H groups in total. The van der Waals surface area contributed by atoms with Crippen LogP contribution in [-0.2, 0) is 15.8 Å². The molecule has 7 unspecified atom stereocenters. The summed E-state index contributed by atoms with van der Waals surface area (Å²) in [7, 11) is 0. The topological polar surface area (TPSA) is 53.2 Å². The number of anilines is 1. The van der Waals surface area contributed by atoms with Crippen LogP contribution in [0.1, 0.15) is 28.3 Å². The summed E-state index contributed by atoms with van der Waals surface area (Å²) in [5.41, 5.74) is -0.0661. The highest BCUT2D eigenvalue weighted by Gasteiger charge is 2.69. The van der Waals surface area contributed by atoms with Crippen LogP contribution >= 0.6 is 58.5 Å². The molecule has 7 rings (SSSR count). The molecule has 12 heteroatoms. The number of fused-ring (bicyclic) bond motifs is 9. The standard InChI is InChI=1S/C26H17Cl2F3N2O2S3/c27-14-6-2-5-11(19(14)28)15-16-12-8-13(20(16)37-22-21(15)38-25(36)32-22)18-17(12)23(34)33(24(18)35)10-4-1-3-9(7-10)26(29,30)31/h1-7,12-13,15-18,20H,8H2,(H,32,36). The second-order valence-corrected chi connectivity index (χ2v) is 13.9. The molecule has 7 atom stereocenters. The molecule has 4 aliphatic rings. The van der Waals surface area contributed by atoms with Crippen molar-refractivity contribution in [1.82, 2.24) is 4.98 Å². The van der Waals surface area contributed by atoms with Crippen molar-refractivity contribution in [2.24, 2.45) is 29.6 Å². The molecular formula is C26H17Cl2F3N2O2S3. The van der Waals surface area contributed by atoms with Crippen LogP contribution in [0.4, 0.5) is 18.9 Å². The van der Waals surface area contributed by atoms with E-state index >= 15 is 0 Å². The number of amides is 2. The van der Waals surface area contributed by atoms with Gasteiger partial charge in [-0.05, 0) is 66.2 Å². The number of rotatable bonds is 2. The van der Waals surface area contributed by atoms with Crippen molar-refractivity contribution in [3.8, 4) is 0 Å². The molecule has 4 nitrogen and oxygen atoms in total. The number of aromatic nitrogens is 1. The molecule has 2 aliphatic carbocycles. The van der Waals surface area contributed by atoms with Gasteiger partial charge in [0.05, 0.1) is 38.2 Å². The van der Waals surface area contributed by atoms with Crippen molar-refractivity contribution >= 4 is 76.0 Å². The summed E-state index contributed by atoms with van der Waals surface area (Å²) in [6.45, 7) is 0. The van der Waals surface area contributed by atoms with Crippen molar-refractivity contribution in [1.29, 1.82) is 0 Å². The van der Waals surface area contributed by atoms with E-state index in [0.717, 1.165) is 32.5 Å². The monoisotopic (exact) mass is 612 g/mol. The lowest BCUT2D eigenvalue weighted by molar-refractivity contribution is -0.137. The lowest BCUT2D eigenvalue weighted by Crippen LogP contribution is -2.42. The van der Waals surface area contributed by atoms with Crippen LogP contribution < -0.4 is 4.90 Å². The average molecular weight is 614 g/mol. The molecule has 38 heavy (non-hydrogen) atoms. The van der Waals surface area contributed by atoms with Crippen molar-refractivity contribution in [3.05, 3.63) is 72.5 Å². The quantitative estimate of drug-likeness (QED) is 0.237. The molecule has 3 heterocycles. The van der Waals surface area contributed by atoms with E-state index in [2.05, 4.69) is 4.98 Å². The number of H-pyrrole nitrogens is 1. The fraction of sp³-hybridized carbons (Fsp3) is 0.346. The second-order valence-electron chi connectivity index (χ2n) is 10.2. The third-order valence-electron chi connectivity index (χ3n) is 8.47. The van der Waals surface area contributed by atoms with Gasteiger partial charge in [-0.2, -0.15) is 13.2 Å². The smallest absolute Gasteiger partial charge is 0.332 e. The minimum absolute atomic E-state index is 0.00521. The van der Waals surface area contributed by atoms with E-state index in [9.17, 15) is 22.8 Å². The Morgan fingerprint density at radius 1 is 1.03 bits per heavy atom. The number of hydrogen-bond acceptors (Lipinski definition) is 5. The minimum atomic E-state index is -4.58. The van der Waals surface area contributed by atoms with Crippen LogP contribution in [0.5, 0.6) is 0 Å². The normalized spacial score (nSPS) is 31.5. The fourth-order valence-electron chi connectivity index (χ4n) is 7.20. The molecule has 1 aromatic heterocycles. The molecule has 2 bridgehead atoms. The number of nitrogens with one attached hydrogen (secondary N) is 1. The van der Waals surface area contributed by atoms with E-state index in [1.807, 2.05) is 12.1 Å². The molecule has 0 spiro atoms. The first-order chi connectivity index (χ1) is 18.1. The number of halogens is 5. The number of benzene rings is 2. The fourth-order valence-corrected chi connectivity index (χ4v) is 11.0.